The lowest BCUT2D eigenvalue weighted by Gasteiger charge is -2.19. The summed E-state index contributed by atoms with van der Waals surface area (Å²) in [6.45, 7) is 1.22. The predicted octanol–water partition coefficient (Wildman–Crippen LogP) is 2.40. The molecule has 0 saturated heterocycles. The summed E-state index contributed by atoms with van der Waals surface area (Å²) >= 11 is 0. The highest BCUT2D eigenvalue weighted by Crippen LogP contribution is 2.17. The molecule has 5 heteroatoms. The van der Waals surface area contributed by atoms with Gasteiger partial charge in [0.2, 0.25) is 5.91 Å². The molecule has 4 N–H and O–H groups in total. The molecule has 2 aromatic carbocycles. The molecule has 0 heterocycles. The van der Waals surface area contributed by atoms with E-state index in [1.807, 2.05) is 48.5 Å². The number of amides is 2. The van der Waals surface area contributed by atoms with Gasteiger partial charge in [-0.1, -0.05) is 48.5 Å². The van der Waals surface area contributed by atoms with Crippen LogP contribution < -0.4 is 16.4 Å². The van der Waals surface area contributed by atoms with E-state index in [9.17, 15) is 9.59 Å². The topological polar surface area (TPSA) is 84.2 Å². The maximum Gasteiger partial charge on any atom is 0.251 e. The molecule has 0 aromatic heterocycles. The summed E-state index contributed by atoms with van der Waals surface area (Å²) in [4.78, 5) is 24.7. The van der Waals surface area contributed by atoms with E-state index in [-0.39, 0.29) is 24.3 Å². The van der Waals surface area contributed by atoms with Crippen LogP contribution in [0.4, 0.5) is 0 Å². The van der Waals surface area contributed by atoms with E-state index in [0.717, 1.165) is 18.4 Å². The van der Waals surface area contributed by atoms with E-state index in [2.05, 4.69) is 10.6 Å². The highest BCUT2D eigenvalue weighted by atomic mass is 16.2. The van der Waals surface area contributed by atoms with Crippen molar-refractivity contribution in [3.8, 4) is 0 Å². The number of benzene rings is 2. The molecule has 0 aliphatic rings. The number of hydrogen-bond acceptors (Lipinski definition) is 3. The Morgan fingerprint density at radius 2 is 1.56 bits per heavy atom. The van der Waals surface area contributed by atoms with Gasteiger partial charge in [0.15, 0.2) is 0 Å². The predicted molar refractivity (Wildman–Crippen MR) is 99.0 cm³/mol. The van der Waals surface area contributed by atoms with Crippen LogP contribution in [0.25, 0.3) is 0 Å². The molecule has 25 heavy (non-hydrogen) atoms. The molecule has 132 valence electrons. The molecule has 0 aliphatic carbocycles. The van der Waals surface area contributed by atoms with Gasteiger partial charge in [0.25, 0.3) is 5.91 Å². The van der Waals surface area contributed by atoms with Crippen molar-refractivity contribution >= 4 is 11.8 Å². The fraction of sp³-hybridized carbons (Fsp3) is 0.300. The average Bonchev–Trinajstić information content (AvgIpc) is 2.66. The summed E-state index contributed by atoms with van der Waals surface area (Å²) in [5.41, 5.74) is 6.93. The van der Waals surface area contributed by atoms with E-state index >= 15 is 0 Å². The van der Waals surface area contributed by atoms with Gasteiger partial charge in [-0.15, -0.1) is 0 Å². The Balaban J connectivity index is 2.01. The Kier molecular flexibility index (Phi) is 7.66. The Morgan fingerprint density at radius 1 is 0.920 bits per heavy atom. The third-order valence-electron chi connectivity index (χ3n) is 3.89. The van der Waals surface area contributed by atoms with Gasteiger partial charge >= 0.3 is 0 Å². The van der Waals surface area contributed by atoms with Crippen LogP contribution in [0, 0.1) is 0 Å². The van der Waals surface area contributed by atoms with Gasteiger partial charge in [-0.05, 0) is 37.1 Å². The largest absolute Gasteiger partial charge is 0.356 e. The van der Waals surface area contributed by atoms with Crippen LogP contribution >= 0.6 is 0 Å². The molecular weight excluding hydrogens is 314 g/mol. The Labute approximate surface area is 148 Å². The monoisotopic (exact) mass is 339 g/mol. The van der Waals surface area contributed by atoms with Crippen molar-refractivity contribution in [3.05, 3.63) is 71.8 Å². The van der Waals surface area contributed by atoms with Gasteiger partial charge in [-0.25, -0.2) is 0 Å². The minimum atomic E-state index is -0.372. The van der Waals surface area contributed by atoms with Gasteiger partial charge in [0, 0.05) is 12.1 Å². The van der Waals surface area contributed by atoms with Crippen molar-refractivity contribution in [2.24, 2.45) is 5.73 Å². The second-order valence-corrected chi connectivity index (χ2v) is 5.85. The van der Waals surface area contributed by atoms with Gasteiger partial charge in [0.1, 0.15) is 0 Å². The smallest absolute Gasteiger partial charge is 0.251 e. The highest BCUT2D eigenvalue weighted by Gasteiger charge is 2.18. The van der Waals surface area contributed by atoms with Crippen LogP contribution in [-0.2, 0) is 4.79 Å². The number of unbranched alkanes of at least 4 members (excludes halogenated alkanes) is 1. The zero-order chi connectivity index (χ0) is 17.9. The van der Waals surface area contributed by atoms with Crippen LogP contribution in [0.2, 0.25) is 0 Å². The van der Waals surface area contributed by atoms with E-state index in [4.69, 9.17) is 5.73 Å². The van der Waals surface area contributed by atoms with E-state index in [1.54, 1.807) is 12.1 Å². The Morgan fingerprint density at radius 3 is 2.20 bits per heavy atom. The quantitative estimate of drug-likeness (QED) is 0.613. The molecule has 2 amide bonds. The fourth-order valence-electron chi connectivity index (χ4n) is 2.52. The van der Waals surface area contributed by atoms with E-state index < -0.39 is 0 Å². The van der Waals surface area contributed by atoms with Gasteiger partial charge in [-0.2, -0.15) is 0 Å². The number of carbonyl (C=O) groups is 2. The maximum absolute atomic E-state index is 12.5. The lowest BCUT2D eigenvalue weighted by molar-refractivity contribution is -0.121. The molecule has 2 aromatic rings. The van der Waals surface area contributed by atoms with E-state index in [1.165, 1.54) is 0 Å². The lowest BCUT2D eigenvalue weighted by Crippen LogP contribution is -2.34. The van der Waals surface area contributed by atoms with Crippen molar-refractivity contribution in [1.29, 1.82) is 0 Å². The standard InChI is InChI=1S/C20H25N3O2/c21-13-7-8-14-22-19(24)15-18(16-9-3-1-4-10-16)23-20(25)17-11-5-2-6-12-17/h1-6,9-12,18H,7-8,13-15,21H2,(H,22,24)(H,23,25). The van der Waals surface area contributed by atoms with E-state index in [0.29, 0.717) is 18.7 Å². The number of rotatable bonds is 9. The zero-order valence-corrected chi connectivity index (χ0v) is 14.3. The minimum absolute atomic E-state index is 0.0840. The molecular formula is C20H25N3O2. The molecule has 0 spiro atoms. The first-order chi connectivity index (χ1) is 12.2. The normalized spacial score (nSPS) is 11.6. The summed E-state index contributed by atoms with van der Waals surface area (Å²) in [5, 5.41) is 5.85. The summed E-state index contributed by atoms with van der Waals surface area (Å²) < 4.78 is 0. The molecule has 0 bridgehead atoms. The van der Waals surface area contributed by atoms with Gasteiger partial charge in [0.05, 0.1) is 12.5 Å². The van der Waals surface area contributed by atoms with Crippen molar-refractivity contribution in [3.63, 3.8) is 0 Å². The highest BCUT2D eigenvalue weighted by molar-refractivity contribution is 5.94. The molecule has 2 rings (SSSR count). The Bertz CT molecular complexity index is 659. The number of hydrogen-bond donors (Lipinski definition) is 3. The Hall–Kier alpha value is -2.66. The van der Waals surface area contributed by atoms with Crippen molar-refractivity contribution in [2.45, 2.75) is 25.3 Å². The first-order valence-corrected chi connectivity index (χ1v) is 8.58. The first kappa shape index (κ1) is 18.7. The van der Waals surface area contributed by atoms with Crippen LogP contribution in [0.15, 0.2) is 60.7 Å². The van der Waals surface area contributed by atoms with Gasteiger partial charge < -0.3 is 16.4 Å². The molecule has 1 unspecified atom stereocenters. The molecule has 0 radical (unpaired) electrons. The molecule has 1 atom stereocenters. The average molecular weight is 339 g/mol. The van der Waals surface area contributed by atoms with Gasteiger partial charge in [-0.3, -0.25) is 9.59 Å². The SMILES string of the molecule is NCCCCNC(=O)CC(NC(=O)c1ccccc1)c1ccccc1. The molecule has 0 fully saturated rings. The minimum Gasteiger partial charge on any atom is -0.356 e. The number of nitrogens with two attached hydrogens (primary N) is 1. The fourth-order valence-corrected chi connectivity index (χ4v) is 2.52. The zero-order valence-electron chi connectivity index (χ0n) is 14.3. The second kappa shape index (κ2) is 10.3. The van der Waals surface area contributed by atoms with Crippen molar-refractivity contribution in [2.75, 3.05) is 13.1 Å². The molecule has 0 aliphatic heterocycles. The van der Waals surface area contributed by atoms with Crippen LogP contribution in [0.3, 0.4) is 0 Å². The molecule has 5 nitrogen and oxygen atoms in total. The summed E-state index contributed by atoms with van der Waals surface area (Å²) in [6.07, 6.45) is 1.94. The van der Waals surface area contributed by atoms with Crippen molar-refractivity contribution in [1.82, 2.24) is 10.6 Å². The summed E-state index contributed by atoms with van der Waals surface area (Å²) in [7, 11) is 0. The first-order valence-electron chi connectivity index (χ1n) is 8.58. The van der Waals surface area contributed by atoms with Crippen molar-refractivity contribution < 1.29 is 9.59 Å². The third-order valence-corrected chi connectivity index (χ3v) is 3.89. The van der Waals surface area contributed by atoms with Crippen LogP contribution in [-0.4, -0.2) is 24.9 Å². The lowest BCUT2D eigenvalue weighted by atomic mass is 10.0. The second-order valence-electron chi connectivity index (χ2n) is 5.85. The summed E-state index contributed by atoms with van der Waals surface area (Å²) in [6, 6.07) is 18.2. The molecule has 0 saturated carbocycles. The number of carbonyl (C=O) groups excluding carboxylic acids is 2. The summed E-state index contributed by atoms with van der Waals surface area (Å²) in [5.74, 6) is -0.273. The maximum atomic E-state index is 12.5. The third kappa shape index (κ3) is 6.39. The van der Waals surface area contributed by atoms with Crippen LogP contribution in [0.5, 0.6) is 0 Å². The van der Waals surface area contributed by atoms with Crippen LogP contribution in [0.1, 0.15) is 41.2 Å². The number of nitrogens with one attached hydrogen (secondary N) is 2.